The minimum absolute atomic E-state index is 0.0715. The molecular formula is C27H44O5Si. The molecule has 1 aromatic rings. The van der Waals surface area contributed by atoms with Gasteiger partial charge in [-0.15, -0.1) is 12.1 Å². The Bertz CT molecular complexity index is 701. The zero-order valence-corrected chi connectivity index (χ0v) is 22.5. The Morgan fingerprint density at radius 2 is 1.64 bits per heavy atom. The average molecular weight is 477 g/mol. The summed E-state index contributed by atoms with van der Waals surface area (Å²) in [5, 5.41) is 10.1. The van der Waals surface area contributed by atoms with Crippen LogP contribution in [0.4, 0.5) is 0 Å². The van der Waals surface area contributed by atoms with Crippen molar-refractivity contribution in [1.29, 1.82) is 0 Å². The number of hydrogen-bond acceptors (Lipinski definition) is 5. The van der Waals surface area contributed by atoms with Crippen LogP contribution in [0.3, 0.4) is 0 Å². The molecule has 33 heavy (non-hydrogen) atoms. The Kier molecular flexibility index (Phi) is 13.8. The summed E-state index contributed by atoms with van der Waals surface area (Å²) in [6, 6.07) is 9.96. The van der Waals surface area contributed by atoms with Crippen LogP contribution in [0, 0.1) is 11.5 Å². The lowest BCUT2D eigenvalue weighted by Gasteiger charge is -2.38. The van der Waals surface area contributed by atoms with Crippen molar-refractivity contribution in [1.82, 2.24) is 0 Å². The molecule has 0 spiro atoms. The third-order valence-corrected chi connectivity index (χ3v) is 12.5. The largest absolute Gasteiger partial charge is 0.394 e. The molecule has 0 radical (unpaired) electrons. The fourth-order valence-corrected chi connectivity index (χ4v) is 9.74. The van der Waals surface area contributed by atoms with Gasteiger partial charge in [-0.3, -0.25) is 0 Å². The molecule has 0 aliphatic rings. The van der Waals surface area contributed by atoms with Crippen LogP contribution < -0.4 is 0 Å². The van der Waals surface area contributed by atoms with E-state index < -0.39 is 26.4 Å². The van der Waals surface area contributed by atoms with Gasteiger partial charge in [0.15, 0.2) is 0 Å². The van der Waals surface area contributed by atoms with Crippen molar-refractivity contribution in [2.24, 2.45) is 0 Å². The van der Waals surface area contributed by atoms with Crippen molar-refractivity contribution in [3.63, 3.8) is 0 Å². The minimum atomic E-state index is -1.96. The molecule has 0 aliphatic heterocycles. The Morgan fingerprint density at radius 3 is 2.12 bits per heavy atom. The number of aliphatic hydroxyl groups is 1. The SMILES string of the molecule is C=C[C@@H](COCc1ccccc1)O[C@@H](CO)[C@H](C#C[Si](C(C)C)(C(C)C)C(C)C)OCOC. The van der Waals surface area contributed by atoms with Gasteiger partial charge in [0, 0.05) is 7.11 Å². The van der Waals surface area contributed by atoms with Crippen molar-refractivity contribution in [3.8, 4) is 11.5 Å². The van der Waals surface area contributed by atoms with Crippen molar-refractivity contribution in [2.45, 2.75) is 83.1 Å². The molecule has 0 aliphatic carbocycles. The van der Waals surface area contributed by atoms with Gasteiger partial charge < -0.3 is 24.1 Å². The Morgan fingerprint density at radius 1 is 1.03 bits per heavy atom. The third-order valence-electron chi connectivity index (χ3n) is 6.19. The van der Waals surface area contributed by atoms with Gasteiger partial charge in [-0.2, -0.15) is 0 Å². The highest BCUT2D eigenvalue weighted by Gasteiger charge is 2.42. The van der Waals surface area contributed by atoms with Crippen LogP contribution in [0.25, 0.3) is 0 Å². The van der Waals surface area contributed by atoms with Crippen molar-refractivity contribution in [2.75, 3.05) is 27.1 Å². The molecule has 5 nitrogen and oxygen atoms in total. The number of benzene rings is 1. The van der Waals surface area contributed by atoms with Crippen LogP contribution in [0.15, 0.2) is 43.0 Å². The van der Waals surface area contributed by atoms with Gasteiger partial charge in [0.05, 0.1) is 25.9 Å². The summed E-state index contributed by atoms with van der Waals surface area (Å²) in [5.41, 5.74) is 6.24. The lowest BCUT2D eigenvalue weighted by atomic mass is 10.2. The van der Waals surface area contributed by atoms with Crippen LogP contribution in [-0.4, -0.2) is 58.6 Å². The van der Waals surface area contributed by atoms with Crippen molar-refractivity contribution < 1.29 is 24.1 Å². The predicted molar refractivity (Wildman–Crippen MR) is 138 cm³/mol. The van der Waals surface area contributed by atoms with E-state index in [1.807, 2.05) is 30.3 Å². The predicted octanol–water partition coefficient (Wildman–Crippen LogP) is 5.35. The van der Waals surface area contributed by atoms with E-state index in [4.69, 9.17) is 18.9 Å². The molecule has 186 valence electrons. The third kappa shape index (κ3) is 9.01. The van der Waals surface area contributed by atoms with E-state index in [0.717, 1.165) is 5.56 Å². The molecule has 0 saturated heterocycles. The second-order valence-electron chi connectivity index (χ2n) is 9.29. The lowest BCUT2D eigenvalue weighted by Crippen LogP contribution is -2.44. The second kappa shape index (κ2) is 15.4. The van der Waals surface area contributed by atoms with Gasteiger partial charge in [-0.25, -0.2) is 0 Å². The van der Waals surface area contributed by atoms with Gasteiger partial charge in [-0.05, 0) is 22.2 Å². The van der Waals surface area contributed by atoms with Crippen molar-refractivity contribution in [3.05, 3.63) is 48.6 Å². The first-order valence-electron chi connectivity index (χ1n) is 11.9. The zero-order valence-electron chi connectivity index (χ0n) is 21.5. The number of hydrogen-bond donors (Lipinski definition) is 1. The highest BCUT2D eigenvalue weighted by Crippen LogP contribution is 2.40. The summed E-state index contributed by atoms with van der Waals surface area (Å²) in [5.74, 6) is 3.35. The normalized spacial score (nSPS) is 14.8. The van der Waals surface area contributed by atoms with E-state index in [0.29, 0.717) is 29.8 Å². The van der Waals surface area contributed by atoms with Crippen LogP contribution in [0.1, 0.15) is 47.1 Å². The summed E-state index contributed by atoms with van der Waals surface area (Å²) in [7, 11) is -0.391. The number of rotatable bonds is 15. The Hall–Kier alpha value is -1.46. The van der Waals surface area contributed by atoms with Crippen LogP contribution in [-0.2, 0) is 25.6 Å². The minimum Gasteiger partial charge on any atom is -0.394 e. The number of ether oxygens (including phenoxy) is 4. The molecule has 6 heteroatoms. The van der Waals surface area contributed by atoms with Gasteiger partial charge in [0.1, 0.15) is 27.1 Å². The topological polar surface area (TPSA) is 57.2 Å². The maximum Gasteiger partial charge on any atom is 0.148 e. The quantitative estimate of drug-likeness (QED) is 0.160. The van der Waals surface area contributed by atoms with Crippen LogP contribution >= 0.6 is 0 Å². The van der Waals surface area contributed by atoms with E-state index >= 15 is 0 Å². The van der Waals surface area contributed by atoms with E-state index in [2.05, 4.69) is 59.6 Å². The second-order valence-corrected chi connectivity index (χ2v) is 14.9. The number of methoxy groups -OCH3 is 1. The molecule has 1 rings (SSSR count). The zero-order chi connectivity index (χ0) is 24.9. The summed E-state index contributed by atoms with van der Waals surface area (Å²) in [6.07, 6.45) is 0.0246. The molecule has 0 bridgehead atoms. The summed E-state index contributed by atoms with van der Waals surface area (Å²) >= 11 is 0. The average Bonchev–Trinajstić information content (AvgIpc) is 2.78. The van der Waals surface area contributed by atoms with Crippen molar-refractivity contribution >= 4 is 8.07 Å². The van der Waals surface area contributed by atoms with Gasteiger partial charge >= 0.3 is 0 Å². The van der Waals surface area contributed by atoms with Gasteiger partial charge in [0.2, 0.25) is 0 Å². The van der Waals surface area contributed by atoms with E-state index in [1.54, 1.807) is 13.2 Å². The molecule has 1 aromatic carbocycles. The van der Waals surface area contributed by atoms with Crippen LogP contribution in [0.2, 0.25) is 16.6 Å². The molecule has 0 heterocycles. The molecule has 0 unspecified atom stereocenters. The fraction of sp³-hybridized carbons (Fsp3) is 0.630. The van der Waals surface area contributed by atoms with E-state index in [9.17, 15) is 5.11 Å². The monoisotopic (exact) mass is 476 g/mol. The highest BCUT2D eigenvalue weighted by atomic mass is 28.3. The summed E-state index contributed by atoms with van der Waals surface area (Å²) < 4.78 is 22.9. The maximum atomic E-state index is 10.1. The first-order chi connectivity index (χ1) is 15.7. The Balaban J connectivity index is 3.00. The molecule has 3 atom stereocenters. The molecule has 0 saturated carbocycles. The van der Waals surface area contributed by atoms with E-state index in [1.165, 1.54) is 0 Å². The van der Waals surface area contributed by atoms with Crippen LogP contribution in [0.5, 0.6) is 0 Å². The molecule has 0 amide bonds. The lowest BCUT2D eigenvalue weighted by molar-refractivity contribution is -0.136. The standard InChI is InChI=1S/C27H44O5Si/c1-9-25(19-30-18-24-13-11-10-12-14-24)32-27(17-28)26(31-20-29-8)15-16-33(21(2)3,22(4)5)23(6)7/h9-14,21-23,25-28H,1,17-20H2,2-8H3/t25-,26-,27-/m0/s1. The summed E-state index contributed by atoms with van der Waals surface area (Å²) in [4.78, 5) is 0. The van der Waals surface area contributed by atoms with Gasteiger partial charge in [-0.1, -0.05) is 83.9 Å². The first-order valence-corrected chi connectivity index (χ1v) is 14.1. The molecule has 0 aromatic heterocycles. The maximum absolute atomic E-state index is 10.1. The van der Waals surface area contributed by atoms with Gasteiger partial charge in [0.25, 0.3) is 0 Å². The highest BCUT2D eigenvalue weighted by molar-refractivity contribution is 6.90. The molecule has 1 N–H and O–H groups in total. The Labute approximate surface area is 202 Å². The summed E-state index contributed by atoms with van der Waals surface area (Å²) in [6.45, 7) is 18.1. The molecular weight excluding hydrogens is 432 g/mol. The van der Waals surface area contributed by atoms with E-state index in [-0.39, 0.29) is 13.4 Å². The smallest absolute Gasteiger partial charge is 0.148 e. The fourth-order valence-electron chi connectivity index (χ4n) is 4.48. The number of aliphatic hydroxyl groups excluding tert-OH is 1. The molecule has 0 fully saturated rings. The first kappa shape index (κ1) is 29.6.